The summed E-state index contributed by atoms with van der Waals surface area (Å²) in [5, 5.41) is 13.7. The van der Waals surface area contributed by atoms with Crippen LogP contribution < -0.4 is 4.90 Å². The van der Waals surface area contributed by atoms with Crippen LogP contribution >= 0.6 is 11.6 Å². The minimum atomic E-state index is 0.202. The van der Waals surface area contributed by atoms with Crippen molar-refractivity contribution in [3.05, 3.63) is 17.0 Å². The molecule has 8 heteroatoms. The number of rotatable bonds is 3. The Balaban J connectivity index is 1.91. The first-order valence-electron chi connectivity index (χ1n) is 6.64. The molecule has 2 aromatic heterocycles. The molecule has 0 unspecified atom stereocenters. The Hall–Kier alpha value is -1.44. The molecule has 1 fully saturated rings. The lowest BCUT2D eigenvalue weighted by Gasteiger charge is -2.36. The van der Waals surface area contributed by atoms with Gasteiger partial charge in [0.1, 0.15) is 17.3 Å². The molecular formula is C12H17ClN6O. The topological polar surface area (TPSA) is 69.8 Å². The fourth-order valence-corrected chi connectivity index (χ4v) is 2.74. The maximum Gasteiger partial charge on any atom is 0.255 e. The summed E-state index contributed by atoms with van der Waals surface area (Å²) in [5.74, 6) is 1.48. The summed E-state index contributed by atoms with van der Waals surface area (Å²) >= 11 is 6.18. The van der Waals surface area contributed by atoms with E-state index in [9.17, 15) is 0 Å². The Morgan fingerprint density at radius 1 is 1.30 bits per heavy atom. The van der Waals surface area contributed by atoms with Crippen molar-refractivity contribution in [1.29, 1.82) is 0 Å². The average Bonchev–Trinajstić information content (AvgIpc) is 2.89. The molecule has 1 aliphatic heterocycles. The zero-order valence-corrected chi connectivity index (χ0v) is 12.1. The van der Waals surface area contributed by atoms with Crippen molar-refractivity contribution in [2.45, 2.75) is 6.92 Å². The third-order valence-corrected chi connectivity index (χ3v) is 4.03. The van der Waals surface area contributed by atoms with Gasteiger partial charge in [0.25, 0.3) is 5.78 Å². The van der Waals surface area contributed by atoms with Crippen molar-refractivity contribution < 1.29 is 5.11 Å². The van der Waals surface area contributed by atoms with E-state index in [-0.39, 0.29) is 6.61 Å². The molecule has 1 aliphatic rings. The Kier molecular flexibility index (Phi) is 3.73. The molecule has 0 aliphatic carbocycles. The third kappa shape index (κ3) is 2.32. The van der Waals surface area contributed by atoms with Gasteiger partial charge in [-0.1, -0.05) is 11.6 Å². The van der Waals surface area contributed by atoms with Crippen LogP contribution in [-0.4, -0.2) is 68.9 Å². The molecular weight excluding hydrogens is 280 g/mol. The van der Waals surface area contributed by atoms with Gasteiger partial charge in [-0.2, -0.15) is 19.6 Å². The predicted octanol–water partition coefficient (Wildman–Crippen LogP) is 0.200. The highest BCUT2D eigenvalue weighted by Gasteiger charge is 2.22. The number of halogens is 1. The van der Waals surface area contributed by atoms with E-state index in [1.807, 2.05) is 6.92 Å². The van der Waals surface area contributed by atoms with E-state index in [0.717, 1.165) is 44.1 Å². The second-order valence-corrected chi connectivity index (χ2v) is 5.23. The molecule has 7 nitrogen and oxygen atoms in total. The van der Waals surface area contributed by atoms with Crippen molar-refractivity contribution in [3.63, 3.8) is 0 Å². The van der Waals surface area contributed by atoms with Gasteiger partial charge in [0.2, 0.25) is 0 Å². The highest BCUT2D eigenvalue weighted by Crippen LogP contribution is 2.26. The molecule has 0 radical (unpaired) electrons. The molecule has 0 saturated carbocycles. The van der Waals surface area contributed by atoms with E-state index in [1.54, 1.807) is 4.52 Å². The first-order chi connectivity index (χ1) is 9.70. The number of hydrogen-bond donors (Lipinski definition) is 1. The lowest BCUT2D eigenvalue weighted by atomic mass is 10.2. The van der Waals surface area contributed by atoms with Crippen LogP contribution in [0.3, 0.4) is 0 Å². The maximum absolute atomic E-state index is 8.99. The second kappa shape index (κ2) is 5.51. The summed E-state index contributed by atoms with van der Waals surface area (Å²) in [6.07, 6.45) is 1.49. The van der Waals surface area contributed by atoms with Crippen molar-refractivity contribution in [3.8, 4) is 0 Å². The van der Waals surface area contributed by atoms with Gasteiger partial charge in [0.15, 0.2) is 0 Å². The van der Waals surface area contributed by atoms with Gasteiger partial charge in [0.05, 0.1) is 6.61 Å². The van der Waals surface area contributed by atoms with E-state index in [0.29, 0.717) is 10.9 Å². The number of hydrogen-bond acceptors (Lipinski definition) is 6. The van der Waals surface area contributed by atoms with E-state index in [2.05, 4.69) is 24.9 Å². The Morgan fingerprint density at radius 3 is 2.75 bits per heavy atom. The van der Waals surface area contributed by atoms with E-state index in [1.165, 1.54) is 6.33 Å². The molecule has 0 amide bonds. The number of fused-ring (bicyclic) bond motifs is 1. The number of nitrogens with zero attached hydrogens (tertiary/aromatic N) is 6. The lowest BCUT2D eigenvalue weighted by molar-refractivity contribution is 0.188. The summed E-state index contributed by atoms with van der Waals surface area (Å²) in [5.41, 5.74) is 0.917. The summed E-state index contributed by atoms with van der Waals surface area (Å²) in [4.78, 5) is 12.8. The van der Waals surface area contributed by atoms with Gasteiger partial charge in [0, 0.05) is 38.3 Å². The second-order valence-electron chi connectivity index (χ2n) is 4.88. The van der Waals surface area contributed by atoms with E-state index >= 15 is 0 Å². The molecule has 0 bridgehead atoms. The molecule has 20 heavy (non-hydrogen) atoms. The van der Waals surface area contributed by atoms with Gasteiger partial charge >= 0.3 is 0 Å². The molecule has 0 atom stereocenters. The molecule has 0 aromatic carbocycles. The smallest absolute Gasteiger partial charge is 0.255 e. The van der Waals surface area contributed by atoms with Gasteiger partial charge in [-0.05, 0) is 6.92 Å². The lowest BCUT2D eigenvalue weighted by Crippen LogP contribution is -2.48. The van der Waals surface area contributed by atoms with Crippen LogP contribution in [0.25, 0.3) is 5.78 Å². The Bertz CT molecular complexity index is 607. The Morgan fingerprint density at radius 2 is 2.05 bits per heavy atom. The van der Waals surface area contributed by atoms with Crippen molar-refractivity contribution in [2.75, 3.05) is 44.2 Å². The van der Waals surface area contributed by atoms with Crippen LogP contribution in [0.4, 0.5) is 5.82 Å². The minimum Gasteiger partial charge on any atom is -0.395 e. The van der Waals surface area contributed by atoms with Crippen LogP contribution in [0.15, 0.2) is 6.33 Å². The zero-order chi connectivity index (χ0) is 14.1. The van der Waals surface area contributed by atoms with Crippen molar-refractivity contribution >= 4 is 23.2 Å². The highest BCUT2D eigenvalue weighted by molar-refractivity contribution is 6.30. The summed E-state index contributed by atoms with van der Waals surface area (Å²) in [7, 11) is 0. The van der Waals surface area contributed by atoms with Gasteiger partial charge in [-0.15, -0.1) is 0 Å². The van der Waals surface area contributed by atoms with Gasteiger partial charge < -0.3 is 10.0 Å². The fourth-order valence-electron chi connectivity index (χ4n) is 2.58. The normalized spacial score (nSPS) is 17.1. The number of anilines is 1. The number of piperazine rings is 1. The van der Waals surface area contributed by atoms with Gasteiger partial charge in [-0.3, -0.25) is 4.90 Å². The third-order valence-electron chi connectivity index (χ3n) is 3.66. The Labute approximate surface area is 121 Å². The SMILES string of the molecule is Cc1c(Cl)nc2ncnn2c1N1CCN(CCO)CC1. The van der Waals surface area contributed by atoms with Crippen LogP contribution in [-0.2, 0) is 0 Å². The minimum absolute atomic E-state index is 0.202. The quantitative estimate of drug-likeness (QED) is 0.816. The van der Waals surface area contributed by atoms with Crippen LogP contribution in [0.5, 0.6) is 0 Å². The van der Waals surface area contributed by atoms with E-state index in [4.69, 9.17) is 16.7 Å². The zero-order valence-electron chi connectivity index (χ0n) is 11.3. The molecule has 3 heterocycles. The molecule has 108 valence electrons. The summed E-state index contributed by atoms with van der Waals surface area (Å²) < 4.78 is 1.74. The molecule has 2 aromatic rings. The first-order valence-corrected chi connectivity index (χ1v) is 7.02. The molecule has 3 rings (SSSR count). The largest absolute Gasteiger partial charge is 0.395 e. The molecule has 1 N–H and O–H groups in total. The number of aliphatic hydroxyl groups is 1. The fraction of sp³-hybridized carbons (Fsp3) is 0.583. The highest BCUT2D eigenvalue weighted by atomic mass is 35.5. The van der Waals surface area contributed by atoms with Crippen LogP contribution in [0.1, 0.15) is 5.56 Å². The molecule has 0 spiro atoms. The summed E-state index contributed by atoms with van der Waals surface area (Å²) in [6, 6.07) is 0. The standard InChI is InChI=1S/C12H17ClN6O/c1-9-10(13)16-12-14-8-15-19(12)11(9)18-4-2-17(3-5-18)6-7-20/h8,20H,2-7H2,1H3. The number of aliphatic hydroxyl groups excluding tert-OH is 1. The first kappa shape index (κ1) is 13.5. The van der Waals surface area contributed by atoms with Crippen molar-refractivity contribution in [1.82, 2.24) is 24.5 Å². The van der Waals surface area contributed by atoms with Crippen molar-refractivity contribution in [2.24, 2.45) is 0 Å². The predicted molar refractivity (Wildman–Crippen MR) is 76.3 cm³/mol. The summed E-state index contributed by atoms with van der Waals surface area (Å²) in [6.45, 7) is 6.44. The monoisotopic (exact) mass is 296 g/mol. The average molecular weight is 297 g/mol. The maximum atomic E-state index is 8.99. The van der Waals surface area contributed by atoms with Crippen LogP contribution in [0, 0.1) is 6.92 Å². The number of β-amino-alcohol motifs (C(OH)–C–C–N with tert-alkyl or cyclic N) is 1. The molecule has 1 saturated heterocycles. The van der Waals surface area contributed by atoms with Crippen LogP contribution in [0.2, 0.25) is 5.15 Å². The number of aromatic nitrogens is 4. The van der Waals surface area contributed by atoms with E-state index < -0.39 is 0 Å². The van der Waals surface area contributed by atoms with Gasteiger partial charge in [-0.25, -0.2) is 0 Å².